The van der Waals surface area contributed by atoms with Crippen molar-refractivity contribution >= 4 is 28.4 Å². The summed E-state index contributed by atoms with van der Waals surface area (Å²) in [6.07, 6.45) is 1.97. The number of aromatic amines is 1. The molecule has 2 aromatic rings. The topological polar surface area (TPSA) is 111 Å². The van der Waals surface area contributed by atoms with Gasteiger partial charge in [-0.2, -0.15) is 0 Å². The maximum Gasteiger partial charge on any atom is 0.376 e. The minimum Gasteiger partial charge on any atom is -0.507 e. The number of H-pyrrole nitrogens is 1. The first kappa shape index (κ1) is 11.7. The second-order valence-corrected chi connectivity index (χ2v) is 3.60. The normalized spacial score (nSPS) is 11.7. The second-order valence-electron chi connectivity index (χ2n) is 3.60. The highest BCUT2D eigenvalue weighted by Crippen LogP contribution is 2.30. The van der Waals surface area contributed by atoms with Gasteiger partial charge in [0.05, 0.1) is 5.39 Å². The van der Waals surface area contributed by atoms with Gasteiger partial charge >= 0.3 is 5.97 Å². The van der Waals surface area contributed by atoms with Gasteiger partial charge in [0.25, 0.3) is 5.78 Å². The predicted octanol–water partition coefficient (Wildman–Crippen LogP) is 1.43. The molecular weight excluding hydrogens is 238 g/mol. The van der Waals surface area contributed by atoms with Crippen molar-refractivity contribution in [1.82, 2.24) is 4.98 Å². The second kappa shape index (κ2) is 4.25. The summed E-state index contributed by atoms with van der Waals surface area (Å²) in [5.74, 6) is -3.50. The Kier molecular flexibility index (Phi) is 2.77. The highest BCUT2D eigenvalue weighted by atomic mass is 16.4. The van der Waals surface area contributed by atoms with E-state index >= 15 is 0 Å². The van der Waals surface area contributed by atoms with Crippen LogP contribution in [0.2, 0.25) is 0 Å². The van der Waals surface area contributed by atoms with Crippen LogP contribution < -0.4 is 0 Å². The summed E-state index contributed by atoms with van der Waals surface area (Å²) in [5.41, 5.74) is 0.727. The molecule has 1 aromatic carbocycles. The van der Waals surface area contributed by atoms with Crippen molar-refractivity contribution in [3.63, 3.8) is 0 Å². The Balaban J connectivity index is 2.55. The van der Waals surface area contributed by atoms with Gasteiger partial charge in [-0.25, -0.2) is 4.79 Å². The van der Waals surface area contributed by atoms with Crippen molar-refractivity contribution in [3.8, 4) is 5.75 Å². The maximum absolute atomic E-state index is 11.0. The highest BCUT2D eigenvalue weighted by Gasteiger charge is 2.15. The van der Waals surface area contributed by atoms with E-state index in [0.29, 0.717) is 17.0 Å². The fraction of sp³-hybridized carbons (Fsp3) is 0. The van der Waals surface area contributed by atoms with Crippen LogP contribution in [0, 0.1) is 0 Å². The number of phenols is 1. The number of nitrogens with one attached hydrogen (secondary N) is 1. The zero-order valence-corrected chi connectivity index (χ0v) is 9.04. The van der Waals surface area contributed by atoms with Gasteiger partial charge in [0, 0.05) is 23.4 Å². The van der Waals surface area contributed by atoms with Crippen LogP contribution in [-0.2, 0) is 9.59 Å². The Morgan fingerprint density at radius 2 is 1.94 bits per heavy atom. The third kappa shape index (κ3) is 1.91. The first-order chi connectivity index (χ1) is 8.50. The molecule has 0 fully saturated rings. The number of aromatic nitrogens is 1. The molecule has 6 nitrogen and oxygen atoms in total. The van der Waals surface area contributed by atoms with Gasteiger partial charge in [-0.15, -0.1) is 0 Å². The quantitative estimate of drug-likeness (QED) is 0.372. The van der Waals surface area contributed by atoms with E-state index in [4.69, 9.17) is 5.11 Å². The van der Waals surface area contributed by atoms with Crippen molar-refractivity contribution < 1.29 is 24.9 Å². The number of carboxylic acid groups (broad SMARTS) is 1. The Morgan fingerprint density at radius 1 is 1.22 bits per heavy atom. The standard InChI is InChI=1S/C12H9NO5/c14-8-3-1-2-7-11(8)6(5-13-7)9(15)4-10(16)12(17)18/h1-5,13-15H,(H,17,18). The molecule has 18 heavy (non-hydrogen) atoms. The lowest BCUT2D eigenvalue weighted by Crippen LogP contribution is -2.09. The molecule has 1 heterocycles. The van der Waals surface area contributed by atoms with Crippen molar-refractivity contribution in [2.75, 3.05) is 0 Å². The Bertz CT molecular complexity index is 668. The van der Waals surface area contributed by atoms with Gasteiger partial charge in [0.1, 0.15) is 11.5 Å². The maximum atomic E-state index is 11.0. The summed E-state index contributed by atoms with van der Waals surface area (Å²) in [4.78, 5) is 24.1. The molecule has 0 radical (unpaired) electrons. The Labute approximate surface area is 101 Å². The first-order valence-electron chi connectivity index (χ1n) is 4.98. The van der Waals surface area contributed by atoms with Crippen LogP contribution in [0.25, 0.3) is 16.7 Å². The molecule has 4 N–H and O–H groups in total. The summed E-state index contributed by atoms with van der Waals surface area (Å²) in [7, 11) is 0. The molecule has 0 aliphatic rings. The van der Waals surface area contributed by atoms with Crippen molar-refractivity contribution in [2.45, 2.75) is 0 Å². The SMILES string of the molecule is O=C(O)C(=O)C=C(O)c1c[nH]c2cccc(O)c12. The Hall–Kier alpha value is -2.76. The van der Waals surface area contributed by atoms with Crippen LogP contribution in [0.4, 0.5) is 0 Å². The van der Waals surface area contributed by atoms with Crippen molar-refractivity contribution in [1.29, 1.82) is 0 Å². The number of carbonyl (C=O) groups is 2. The number of aliphatic carboxylic acids is 1. The van der Waals surface area contributed by atoms with Crippen LogP contribution in [-0.4, -0.2) is 32.1 Å². The molecule has 0 unspecified atom stereocenters. The molecule has 6 heteroatoms. The number of rotatable bonds is 3. The minimum atomic E-state index is -1.66. The smallest absolute Gasteiger partial charge is 0.376 e. The predicted molar refractivity (Wildman–Crippen MR) is 63.2 cm³/mol. The number of aromatic hydroxyl groups is 1. The van der Waals surface area contributed by atoms with Crippen LogP contribution in [0.3, 0.4) is 0 Å². The Morgan fingerprint density at radius 3 is 2.61 bits per heavy atom. The van der Waals surface area contributed by atoms with E-state index in [1.54, 1.807) is 12.1 Å². The minimum absolute atomic E-state index is 0.0773. The molecule has 92 valence electrons. The molecule has 0 amide bonds. The average molecular weight is 247 g/mol. The number of benzene rings is 1. The van der Waals surface area contributed by atoms with Crippen molar-refractivity contribution in [3.05, 3.63) is 36.0 Å². The lowest BCUT2D eigenvalue weighted by Gasteiger charge is -1.99. The molecule has 0 atom stereocenters. The highest BCUT2D eigenvalue weighted by molar-refractivity contribution is 6.38. The molecule has 0 aliphatic heterocycles. The molecule has 0 saturated carbocycles. The van der Waals surface area contributed by atoms with Crippen LogP contribution in [0.1, 0.15) is 5.56 Å². The monoisotopic (exact) mass is 247 g/mol. The van der Waals surface area contributed by atoms with E-state index in [1.807, 2.05) is 0 Å². The molecule has 0 saturated heterocycles. The van der Waals surface area contributed by atoms with E-state index < -0.39 is 17.5 Å². The van der Waals surface area contributed by atoms with Crippen LogP contribution in [0.5, 0.6) is 5.75 Å². The fourth-order valence-corrected chi connectivity index (χ4v) is 1.63. The summed E-state index contributed by atoms with van der Waals surface area (Å²) in [5, 5.41) is 28.1. The summed E-state index contributed by atoms with van der Waals surface area (Å²) in [6.45, 7) is 0. The first-order valence-corrected chi connectivity index (χ1v) is 4.98. The lowest BCUT2D eigenvalue weighted by molar-refractivity contribution is -0.146. The van der Waals surface area contributed by atoms with E-state index in [0.717, 1.165) is 0 Å². The van der Waals surface area contributed by atoms with Gasteiger partial charge < -0.3 is 20.3 Å². The summed E-state index contributed by atoms with van der Waals surface area (Å²) < 4.78 is 0. The number of carboxylic acids is 1. The number of fused-ring (bicyclic) bond motifs is 1. The van der Waals surface area contributed by atoms with Crippen molar-refractivity contribution in [2.24, 2.45) is 0 Å². The third-order valence-electron chi connectivity index (χ3n) is 2.44. The van der Waals surface area contributed by atoms with E-state index in [2.05, 4.69) is 4.98 Å². The number of hydrogen-bond acceptors (Lipinski definition) is 4. The number of carbonyl (C=O) groups excluding carboxylic acids is 1. The zero-order valence-electron chi connectivity index (χ0n) is 9.04. The number of aliphatic hydroxyl groups is 1. The van der Waals surface area contributed by atoms with Gasteiger partial charge in [0.2, 0.25) is 0 Å². The zero-order chi connectivity index (χ0) is 13.3. The summed E-state index contributed by atoms with van der Waals surface area (Å²) >= 11 is 0. The molecule has 0 bridgehead atoms. The number of aliphatic hydroxyl groups excluding tert-OH is 1. The lowest BCUT2D eigenvalue weighted by atomic mass is 10.1. The van der Waals surface area contributed by atoms with Gasteiger partial charge in [-0.3, -0.25) is 4.79 Å². The largest absolute Gasteiger partial charge is 0.507 e. The number of phenolic OH excluding ortho intramolecular Hbond substituents is 1. The molecular formula is C12H9NO5. The van der Waals surface area contributed by atoms with E-state index in [9.17, 15) is 19.8 Å². The molecule has 1 aromatic heterocycles. The van der Waals surface area contributed by atoms with Crippen LogP contribution >= 0.6 is 0 Å². The number of ketones is 1. The molecule has 2 rings (SSSR count). The fourth-order valence-electron chi connectivity index (χ4n) is 1.63. The van der Waals surface area contributed by atoms with Gasteiger partial charge in [-0.1, -0.05) is 6.07 Å². The molecule has 0 aliphatic carbocycles. The van der Waals surface area contributed by atoms with E-state index in [-0.39, 0.29) is 11.3 Å². The van der Waals surface area contributed by atoms with E-state index in [1.165, 1.54) is 12.3 Å². The average Bonchev–Trinajstić information content (AvgIpc) is 2.74. The van der Waals surface area contributed by atoms with Gasteiger partial charge in [-0.05, 0) is 12.1 Å². The van der Waals surface area contributed by atoms with Crippen LogP contribution in [0.15, 0.2) is 30.5 Å². The summed E-state index contributed by atoms with van der Waals surface area (Å²) in [6, 6.07) is 4.71. The third-order valence-corrected chi connectivity index (χ3v) is 2.44. The number of hydrogen-bond donors (Lipinski definition) is 4. The van der Waals surface area contributed by atoms with Gasteiger partial charge in [0.15, 0.2) is 0 Å². The molecule has 0 spiro atoms.